The molecule has 2 aliphatic heterocycles. The van der Waals surface area contributed by atoms with Crippen molar-refractivity contribution in [2.45, 2.75) is 71.1 Å². The molecule has 30 heavy (non-hydrogen) atoms. The highest BCUT2D eigenvalue weighted by Crippen LogP contribution is 2.40. The van der Waals surface area contributed by atoms with Gasteiger partial charge >= 0.3 is 6.09 Å². The topological polar surface area (TPSA) is 61.9 Å². The average molecular weight is 412 g/mol. The van der Waals surface area contributed by atoms with Gasteiger partial charge in [0.15, 0.2) is 0 Å². The van der Waals surface area contributed by atoms with Crippen LogP contribution in [-0.2, 0) is 16.0 Å². The fourth-order valence-electron chi connectivity index (χ4n) is 5.10. The number of fused-ring (bicyclic) bond motifs is 1. The summed E-state index contributed by atoms with van der Waals surface area (Å²) in [6.07, 6.45) is 4.63. The van der Waals surface area contributed by atoms with Gasteiger partial charge in [-0.1, -0.05) is 24.3 Å². The van der Waals surface area contributed by atoms with E-state index in [9.17, 15) is 9.59 Å². The Kier molecular flexibility index (Phi) is 6.14. The molecule has 1 N–H and O–H groups in total. The lowest BCUT2D eigenvalue weighted by Gasteiger charge is -2.41. The smallest absolute Gasteiger partial charge is 0.409 e. The van der Waals surface area contributed by atoms with Gasteiger partial charge in [-0.15, -0.1) is 0 Å². The summed E-state index contributed by atoms with van der Waals surface area (Å²) in [5.74, 6) is 0.149. The molecule has 6 nitrogen and oxygen atoms in total. The van der Waals surface area contributed by atoms with Crippen LogP contribution in [0.15, 0.2) is 35.4 Å². The van der Waals surface area contributed by atoms with Gasteiger partial charge in [-0.05, 0) is 69.6 Å². The molecule has 1 fully saturated rings. The number of amides is 2. The van der Waals surface area contributed by atoms with Crippen molar-refractivity contribution in [2.24, 2.45) is 0 Å². The van der Waals surface area contributed by atoms with Crippen LogP contribution >= 0.6 is 0 Å². The number of likely N-dealkylation sites (tertiary alicyclic amines) is 1. The molecular formula is C24H33N3O3. The van der Waals surface area contributed by atoms with E-state index in [1.165, 1.54) is 11.1 Å². The first kappa shape index (κ1) is 20.9. The predicted octanol–water partition coefficient (Wildman–Crippen LogP) is 3.78. The predicted molar refractivity (Wildman–Crippen MR) is 116 cm³/mol. The van der Waals surface area contributed by atoms with Crippen molar-refractivity contribution in [3.05, 3.63) is 46.5 Å². The summed E-state index contributed by atoms with van der Waals surface area (Å²) >= 11 is 0. The highest BCUT2D eigenvalue weighted by molar-refractivity contribution is 5.97. The zero-order valence-corrected chi connectivity index (χ0v) is 18.3. The number of benzene rings is 1. The summed E-state index contributed by atoms with van der Waals surface area (Å²) in [7, 11) is 0. The van der Waals surface area contributed by atoms with Crippen LogP contribution in [0.25, 0.3) is 0 Å². The summed E-state index contributed by atoms with van der Waals surface area (Å²) in [6, 6.07) is 8.95. The van der Waals surface area contributed by atoms with E-state index in [2.05, 4.69) is 41.4 Å². The number of hydrogen-bond acceptors (Lipinski definition) is 4. The number of aryl methyl sites for hydroxylation is 1. The molecule has 0 saturated carbocycles. The first-order valence-corrected chi connectivity index (χ1v) is 11.3. The Labute approximate surface area is 179 Å². The largest absolute Gasteiger partial charge is 0.450 e. The third-order valence-corrected chi connectivity index (χ3v) is 6.92. The maximum Gasteiger partial charge on any atom is 0.409 e. The van der Waals surface area contributed by atoms with Crippen LogP contribution in [0, 0.1) is 0 Å². The van der Waals surface area contributed by atoms with Crippen molar-refractivity contribution in [1.29, 1.82) is 0 Å². The molecule has 2 unspecified atom stereocenters. The summed E-state index contributed by atoms with van der Waals surface area (Å²) in [4.78, 5) is 29.1. The minimum atomic E-state index is -0.223. The second kappa shape index (κ2) is 8.80. The minimum Gasteiger partial charge on any atom is -0.450 e. The molecular weight excluding hydrogens is 378 g/mol. The number of rotatable bonds is 4. The molecule has 162 valence electrons. The molecule has 2 atom stereocenters. The van der Waals surface area contributed by atoms with E-state index in [0.717, 1.165) is 43.3 Å². The van der Waals surface area contributed by atoms with Gasteiger partial charge in [0.2, 0.25) is 0 Å². The molecule has 2 heterocycles. The lowest BCUT2D eigenvalue weighted by molar-refractivity contribution is -0.130. The summed E-state index contributed by atoms with van der Waals surface area (Å²) in [6.45, 7) is 7.63. The SMILES string of the molecule is CCOC(=O)N1CCC(NC2C(C)=C(C)C(=O)N2C2CCCc3ccccc32)CC1. The monoisotopic (exact) mass is 411 g/mol. The van der Waals surface area contributed by atoms with E-state index in [-0.39, 0.29) is 30.2 Å². The average Bonchev–Trinajstić information content (AvgIpc) is 2.97. The van der Waals surface area contributed by atoms with Crippen molar-refractivity contribution in [2.75, 3.05) is 19.7 Å². The van der Waals surface area contributed by atoms with Crippen molar-refractivity contribution in [3.63, 3.8) is 0 Å². The van der Waals surface area contributed by atoms with Crippen LogP contribution in [-0.4, -0.2) is 53.7 Å². The van der Waals surface area contributed by atoms with Crippen LogP contribution in [0.5, 0.6) is 0 Å². The second-order valence-electron chi connectivity index (χ2n) is 8.66. The summed E-state index contributed by atoms with van der Waals surface area (Å²) in [5.41, 5.74) is 4.64. The Morgan fingerprint density at radius 2 is 1.90 bits per heavy atom. The van der Waals surface area contributed by atoms with E-state index in [1.54, 1.807) is 4.90 Å². The summed E-state index contributed by atoms with van der Waals surface area (Å²) < 4.78 is 5.13. The Morgan fingerprint density at radius 3 is 2.63 bits per heavy atom. The maximum absolute atomic E-state index is 13.2. The van der Waals surface area contributed by atoms with Crippen molar-refractivity contribution in [3.8, 4) is 0 Å². The highest BCUT2D eigenvalue weighted by atomic mass is 16.6. The third kappa shape index (κ3) is 3.85. The van der Waals surface area contributed by atoms with Gasteiger partial charge in [0.05, 0.1) is 12.6 Å². The quantitative estimate of drug-likeness (QED) is 0.819. The Hall–Kier alpha value is -2.34. The van der Waals surface area contributed by atoms with E-state index in [4.69, 9.17) is 4.74 Å². The first-order chi connectivity index (χ1) is 14.5. The number of carbonyl (C=O) groups is 2. The van der Waals surface area contributed by atoms with E-state index >= 15 is 0 Å². The van der Waals surface area contributed by atoms with Gasteiger partial charge in [-0.2, -0.15) is 0 Å². The van der Waals surface area contributed by atoms with Crippen molar-refractivity contribution < 1.29 is 14.3 Å². The van der Waals surface area contributed by atoms with Crippen molar-refractivity contribution in [1.82, 2.24) is 15.1 Å². The molecule has 1 saturated heterocycles. The zero-order chi connectivity index (χ0) is 21.3. The van der Waals surface area contributed by atoms with E-state index in [0.29, 0.717) is 19.7 Å². The fraction of sp³-hybridized carbons (Fsp3) is 0.583. The number of nitrogens with zero attached hydrogens (tertiary/aromatic N) is 2. The number of ether oxygens (including phenoxy) is 1. The molecule has 1 aromatic rings. The number of nitrogens with one attached hydrogen (secondary N) is 1. The minimum absolute atomic E-state index is 0.0761. The molecule has 1 aromatic carbocycles. The standard InChI is InChI=1S/C24H33N3O3/c1-4-30-24(29)26-14-12-19(13-15-26)25-22-16(2)17(3)23(28)27(22)21-11-7-9-18-8-5-6-10-20(18)21/h5-6,8,10,19,21-22,25H,4,7,9,11-15H2,1-3H3. The van der Waals surface area contributed by atoms with E-state index in [1.807, 2.05) is 13.8 Å². The molecule has 0 aromatic heterocycles. The van der Waals surface area contributed by atoms with Crippen LogP contribution in [0.1, 0.15) is 63.6 Å². The van der Waals surface area contributed by atoms with Crippen LogP contribution in [0.2, 0.25) is 0 Å². The summed E-state index contributed by atoms with van der Waals surface area (Å²) in [5, 5.41) is 3.77. The molecule has 0 spiro atoms. The van der Waals surface area contributed by atoms with Gasteiger partial charge in [-0.25, -0.2) is 4.79 Å². The molecule has 1 aliphatic carbocycles. The molecule has 2 amide bonds. The van der Waals surface area contributed by atoms with Gasteiger partial charge < -0.3 is 14.5 Å². The van der Waals surface area contributed by atoms with Gasteiger partial charge in [0, 0.05) is 24.7 Å². The maximum atomic E-state index is 13.2. The van der Waals surface area contributed by atoms with Crippen LogP contribution in [0.4, 0.5) is 4.79 Å². The Bertz CT molecular complexity index is 842. The van der Waals surface area contributed by atoms with Crippen LogP contribution in [0.3, 0.4) is 0 Å². The van der Waals surface area contributed by atoms with E-state index < -0.39 is 0 Å². The lowest BCUT2D eigenvalue weighted by atomic mass is 9.86. The Morgan fingerprint density at radius 1 is 1.17 bits per heavy atom. The lowest BCUT2D eigenvalue weighted by Crippen LogP contribution is -2.54. The second-order valence-corrected chi connectivity index (χ2v) is 8.66. The normalized spacial score (nSPS) is 25.0. The third-order valence-electron chi connectivity index (χ3n) is 6.92. The first-order valence-electron chi connectivity index (χ1n) is 11.3. The molecule has 6 heteroatoms. The van der Waals surface area contributed by atoms with Gasteiger partial charge in [0.1, 0.15) is 6.17 Å². The molecule has 3 aliphatic rings. The highest BCUT2D eigenvalue weighted by Gasteiger charge is 2.42. The molecule has 4 rings (SSSR count). The fourth-order valence-corrected chi connectivity index (χ4v) is 5.10. The number of hydrogen-bond donors (Lipinski definition) is 1. The van der Waals surface area contributed by atoms with Gasteiger partial charge in [0.25, 0.3) is 5.91 Å². The van der Waals surface area contributed by atoms with Gasteiger partial charge in [-0.3, -0.25) is 10.1 Å². The molecule has 0 radical (unpaired) electrons. The molecule has 0 bridgehead atoms. The zero-order valence-electron chi connectivity index (χ0n) is 18.3. The van der Waals surface area contributed by atoms with Crippen molar-refractivity contribution >= 4 is 12.0 Å². The number of piperidine rings is 1. The number of carbonyl (C=O) groups excluding carboxylic acids is 2. The van der Waals surface area contributed by atoms with Crippen LogP contribution < -0.4 is 5.32 Å². The Balaban J connectivity index is 1.49.